The molecular weight excluding hydrogens is 232 g/mol. The molecule has 0 aliphatic heterocycles. The van der Waals surface area contributed by atoms with Crippen molar-refractivity contribution in [1.82, 2.24) is 0 Å². The Bertz CT molecular complexity index is 156. The molecule has 0 radical (unpaired) electrons. The lowest BCUT2D eigenvalue weighted by atomic mass is 9.96. The monoisotopic (exact) mass is 270 g/mol. The van der Waals surface area contributed by atoms with Gasteiger partial charge in [-0.1, -0.05) is 97.3 Å². The van der Waals surface area contributed by atoms with E-state index < -0.39 is 0 Å². The van der Waals surface area contributed by atoms with Gasteiger partial charge >= 0.3 is 0 Å². The van der Waals surface area contributed by atoms with Crippen LogP contribution in [0, 0.1) is 5.92 Å². The average molecular weight is 271 g/mol. The highest BCUT2D eigenvalue weighted by Gasteiger charge is 2.01. The Kier molecular flexibility index (Phi) is 16.0. The summed E-state index contributed by atoms with van der Waals surface area (Å²) in [7, 11) is 0. The molecule has 0 aliphatic carbocycles. The molecule has 1 unspecified atom stereocenters. The summed E-state index contributed by atoms with van der Waals surface area (Å²) < 4.78 is 0. The Balaban J connectivity index is 3.05. The van der Waals surface area contributed by atoms with Gasteiger partial charge in [0.15, 0.2) is 0 Å². The van der Waals surface area contributed by atoms with E-state index in [0.29, 0.717) is 6.61 Å². The quantitative estimate of drug-likeness (QED) is 0.357. The molecule has 1 N–H and O–H groups in total. The van der Waals surface area contributed by atoms with Gasteiger partial charge in [-0.3, -0.25) is 0 Å². The van der Waals surface area contributed by atoms with Crippen molar-refractivity contribution in [1.29, 1.82) is 0 Å². The molecule has 0 amide bonds. The third kappa shape index (κ3) is 15.9. The van der Waals surface area contributed by atoms with Gasteiger partial charge in [0.05, 0.1) is 0 Å². The molecule has 19 heavy (non-hydrogen) atoms. The minimum Gasteiger partial charge on any atom is -0.396 e. The van der Waals surface area contributed by atoms with Crippen LogP contribution in [0.15, 0.2) is 0 Å². The van der Waals surface area contributed by atoms with E-state index in [1.54, 1.807) is 0 Å². The van der Waals surface area contributed by atoms with Gasteiger partial charge in [0.1, 0.15) is 0 Å². The Labute approximate surface area is 122 Å². The zero-order chi connectivity index (χ0) is 14.2. The van der Waals surface area contributed by atoms with Crippen LogP contribution in [-0.2, 0) is 0 Å². The van der Waals surface area contributed by atoms with E-state index in [9.17, 15) is 0 Å². The van der Waals surface area contributed by atoms with E-state index in [2.05, 4.69) is 13.8 Å². The van der Waals surface area contributed by atoms with Crippen LogP contribution < -0.4 is 0 Å². The maximum atomic E-state index is 8.68. The van der Waals surface area contributed by atoms with Crippen LogP contribution in [0.3, 0.4) is 0 Å². The van der Waals surface area contributed by atoms with Gasteiger partial charge in [-0.05, 0) is 12.3 Å². The van der Waals surface area contributed by atoms with Crippen LogP contribution in [0.4, 0.5) is 0 Å². The molecule has 1 atom stereocenters. The molecule has 0 spiro atoms. The molecule has 1 heteroatoms. The zero-order valence-corrected chi connectivity index (χ0v) is 13.6. The third-order valence-electron chi connectivity index (χ3n) is 4.16. The van der Waals surface area contributed by atoms with E-state index >= 15 is 0 Å². The molecule has 0 heterocycles. The molecule has 0 saturated carbocycles. The Morgan fingerprint density at radius 2 is 1.05 bits per heavy atom. The maximum Gasteiger partial charge on any atom is 0.0431 e. The summed E-state index contributed by atoms with van der Waals surface area (Å²) in [5.41, 5.74) is 0. The molecule has 1 nitrogen and oxygen atoms in total. The van der Waals surface area contributed by atoms with Gasteiger partial charge in [-0.2, -0.15) is 0 Å². The fourth-order valence-electron chi connectivity index (χ4n) is 2.73. The van der Waals surface area contributed by atoms with Gasteiger partial charge in [0.2, 0.25) is 0 Å². The maximum absolute atomic E-state index is 8.68. The van der Waals surface area contributed by atoms with Gasteiger partial charge in [0, 0.05) is 6.61 Å². The van der Waals surface area contributed by atoms with E-state index in [-0.39, 0.29) is 0 Å². The molecule has 0 aromatic carbocycles. The van der Waals surface area contributed by atoms with E-state index in [0.717, 1.165) is 12.3 Å². The Hall–Kier alpha value is -0.0400. The minimum atomic E-state index is 0.371. The van der Waals surface area contributed by atoms with Crippen molar-refractivity contribution in [2.24, 2.45) is 5.92 Å². The SMILES string of the molecule is CCCCCC(C)CCCCCCCCCCCO. The highest BCUT2D eigenvalue weighted by molar-refractivity contribution is 4.55. The van der Waals surface area contributed by atoms with Crippen LogP contribution in [0.1, 0.15) is 104 Å². The molecule has 0 aromatic rings. The fraction of sp³-hybridized carbons (Fsp3) is 1.00. The smallest absolute Gasteiger partial charge is 0.0431 e. The van der Waals surface area contributed by atoms with Crippen molar-refractivity contribution in [3.05, 3.63) is 0 Å². The van der Waals surface area contributed by atoms with Crippen LogP contribution in [0.2, 0.25) is 0 Å². The van der Waals surface area contributed by atoms with Crippen LogP contribution >= 0.6 is 0 Å². The molecule has 0 fully saturated rings. The molecule has 0 saturated heterocycles. The first kappa shape index (κ1) is 19.0. The summed E-state index contributed by atoms with van der Waals surface area (Å²) in [6, 6.07) is 0. The van der Waals surface area contributed by atoms with Crippen molar-refractivity contribution in [3.63, 3.8) is 0 Å². The lowest BCUT2D eigenvalue weighted by Gasteiger charge is -2.10. The van der Waals surface area contributed by atoms with Crippen molar-refractivity contribution in [2.45, 2.75) is 104 Å². The first-order valence-corrected chi connectivity index (χ1v) is 8.92. The topological polar surface area (TPSA) is 20.2 Å². The van der Waals surface area contributed by atoms with Crippen LogP contribution in [0.25, 0.3) is 0 Å². The van der Waals surface area contributed by atoms with Gasteiger partial charge in [-0.15, -0.1) is 0 Å². The summed E-state index contributed by atoms with van der Waals surface area (Å²) in [4.78, 5) is 0. The predicted octanol–water partition coefficient (Wildman–Crippen LogP) is 6.10. The minimum absolute atomic E-state index is 0.371. The van der Waals surface area contributed by atoms with Crippen LogP contribution in [0.5, 0.6) is 0 Å². The summed E-state index contributed by atoms with van der Waals surface area (Å²) in [6.45, 7) is 5.09. The van der Waals surface area contributed by atoms with Crippen molar-refractivity contribution in [3.8, 4) is 0 Å². The first-order valence-electron chi connectivity index (χ1n) is 8.92. The second-order valence-corrected chi connectivity index (χ2v) is 6.30. The summed E-state index contributed by atoms with van der Waals surface area (Å²) in [5.74, 6) is 0.949. The summed E-state index contributed by atoms with van der Waals surface area (Å²) >= 11 is 0. The fourth-order valence-corrected chi connectivity index (χ4v) is 2.73. The third-order valence-corrected chi connectivity index (χ3v) is 4.16. The zero-order valence-electron chi connectivity index (χ0n) is 13.6. The van der Waals surface area contributed by atoms with Gasteiger partial charge in [0.25, 0.3) is 0 Å². The normalized spacial score (nSPS) is 12.8. The molecule has 0 rings (SSSR count). The van der Waals surface area contributed by atoms with Gasteiger partial charge < -0.3 is 5.11 Å². The molecular formula is C18H38O. The largest absolute Gasteiger partial charge is 0.396 e. The average Bonchev–Trinajstić information content (AvgIpc) is 2.41. The van der Waals surface area contributed by atoms with E-state index in [4.69, 9.17) is 5.11 Å². The van der Waals surface area contributed by atoms with Crippen molar-refractivity contribution < 1.29 is 5.11 Å². The number of rotatable bonds is 15. The lowest BCUT2D eigenvalue weighted by Crippen LogP contribution is -1.94. The van der Waals surface area contributed by atoms with Crippen molar-refractivity contribution >= 4 is 0 Å². The Morgan fingerprint density at radius 3 is 1.53 bits per heavy atom. The highest BCUT2D eigenvalue weighted by atomic mass is 16.2. The number of aliphatic hydroxyl groups excluding tert-OH is 1. The van der Waals surface area contributed by atoms with Crippen molar-refractivity contribution in [2.75, 3.05) is 6.61 Å². The lowest BCUT2D eigenvalue weighted by molar-refractivity contribution is 0.282. The standard InChI is InChI=1S/C18H38O/c1-3-4-12-15-18(2)16-13-10-8-6-5-7-9-11-14-17-19/h18-19H,3-17H2,1-2H3. The summed E-state index contributed by atoms with van der Waals surface area (Å²) in [5, 5.41) is 8.68. The number of hydrogen-bond acceptors (Lipinski definition) is 1. The number of hydrogen-bond donors (Lipinski definition) is 1. The van der Waals surface area contributed by atoms with E-state index in [1.165, 1.54) is 83.5 Å². The van der Waals surface area contributed by atoms with Crippen LogP contribution in [-0.4, -0.2) is 11.7 Å². The Morgan fingerprint density at radius 1 is 0.632 bits per heavy atom. The first-order chi connectivity index (χ1) is 9.31. The molecule has 116 valence electrons. The highest BCUT2D eigenvalue weighted by Crippen LogP contribution is 2.17. The van der Waals surface area contributed by atoms with E-state index in [1.807, 2.05) is 0 Å². The molecule has 0 aromatic heterocycles. The molecule has 0 bridgehead atoms. The summed E-state index contributed by atoms with van der Waals surface area (Å²) in [6.07, 6.45) is 19.1. The van der Waals surface area contributed by atoms with Gasteiger partial charge in [-0.25, -0.2) is 0 Å². The number of aliphatic hydroxyl groups is 1. The second kappa shape index (κ2) is 16.0. The molecule has 0 aliphatic rings. The second-order valence-electron chi connectivity index (χ2n) is 6.30. The predicted molar refractivity (Wildman–Crippen MR) is 86.6 cm³/mol. The number of unbranched alkanes of at least 4 members (excludes halogenated alkanes) is 10.